The van der Waals surface area contributed by atoms with E-state index in [1.54, 1.807) is 14.0 Å². The average Bonchev–Trinajstić information content (AvgIpc) is 1.99. The highest BCUT2D eigenvalue weighted by Gasteiger charge is 1.99. The Kier molecular flexibility index (Phi) is 7.16. The summed E-state index contributed by atoms with van der Waals surface area (Å²) in [6, 6.07) is 0. The number of methoxy groups -OCH3 is 1. The zero-order valence-electron chi connectivity index (χ0n) is 7.05. The van der Waals surface area contributed by atoms with Crippen LogP contribution in [0.25, 0.3) is 0 Å². The van der Waals surface area contributed by atoms with E-state index in [1.165, 1.54) is 0 Å². The molecule has 0 fully saturated rings. The van der Waals surface area contributed by atoms with Crippen LogP contribution in [0.1, 0.15) is 6.92 Å². The third-order valence-electron chi connectivity index (χ3n) is 1.13. The van der Waals surface area contributed by atoms with E-state index in [1.807, 2.05) is 0 Å². The highest BCUT2D eigenvalue weighted by Crippen LogP contribution is 1.79. The highest BCUT2D eigenvalue weighted by atomic mass is 16.5. The van der Waals surface area contributed by atoms with Crippen molar-refractivity contribution < 1.29 is 9.84 Å². The van der Waals surface area contributed by atoms with Gasteiger partial charge in [-0.25, -0.2) is 0 Å². The molecule has 0 saturated carbocycles. The first kappa shape index (κ1) is 10.4. The minimum Gasteiger partial charge on any atom is -0.389 e. The monoisotopic (exact) mass is 157 g/mol. The molecular weight excluding hydrogens is 142 g/mol. The molecule has 2 N–H and O–H groups in total. The van der Waals surface area contributed by atoms with Crippen LogP contribution < -0.4 is 5.32 Å². The Labute approximate surface area is 67.8 Å². The summed E-state index contributed by atoms with van der Waals surface area (Å²) in [4.78, 5) is 0. The molecule has 0 radical (unpaired) electrons. The van der Waals surface area contributed by atoms with Crippen LogP contribution >= 0.6 is 0 Å². The van der Waals surface area contributed by atoms with Crippen molar-refractivity contribution in [3.05, 3.63) is 0 Å². The number of aliphatic hydroxyl groups excluding tert-OH is 1. The second-order valence-electron chi connectivity index (χ2n) is 2.17. The number of aliphatic hydroxyl groups is 1. The van der Waals surface area contributed by atoms with Crippen LogP contribution in [0.2, 0.25) is 0 Å². The lowest BCUT2D eigenvalue weighted by Gasteiger charge is -2.07. The van der Waals surface area contributed by atoms with Gasteiger partial charge in [-0.3, -0.25) is 0 Å². The molecule has 1 unspecified atom stereocenters. The van der Waals surface area contributed by atoms with Gasteiger partial charge in [0.25, 0.3) is 0 Å². The summed E-state index contributed by atoms with van der Waals surface area (Å²) in [5, 5.41) is 12.1. The van der Waals surface area contributed by atoms with Gasteiger partial charge < -0.3 is 15.2 Å². The van der Waals surface area contributed by atoms with Crippen LogP contribution in [-0.2, 0) is 4.74 Å². The molecule has 0 heterocycles. The Morgan fingerprint density at radius 2 is 2.36 bits per heavy atom. The second-order valence-corrected chi connectivity index (χ2v) is 2.17. The molecule has 64 valence electrons. The predicted octanol–water partition coefficient (Wildman–Crippen LogP) is -0.393. The molecule has 1 atom stereocenters. The van der Waals surface area contributed by atoms with Gasteiger partial charge in [-0.2, -0.15) is 0 Å². The maximum atomic E-state index is 9.11. The van der Waals surface area contributed by atoms with E-state index in [0.29, 0.717) is 19.7 Å². The van der Waals surface area contributed by atoms with Crippen LogP contribution in [0.4, 0.5) is 0 Å². The van der Waals surface area contributed by atoms with E-state index in [2.05, 4.69) is 17.2 Å². The first-order chi connectivity index (χ1) is 5.31. The summed E-state index contributed by atoms with van der Waals surface area (Å²) in [5.41, 5.74) is 0. The van der Waals surface area contributed by atoms with Crippen molar-refractivity contribution in [2.75, 3.05) is 26.8 Å². The molecule has 3 heteroatoms. The molecule has 11 heavy (non-hydrogen) atoms. The van der Waals surface area contributed by atoms with E-state index >= 15 is 0 Å². The van der Waals surface area contributed by atoms with Crippen molar-refractivity contribution in [3.8, 4) is 11.8 Å². The Bertz CT molecular complexity index is 137. The van der Waals surface area contributed by atoms with Gasteiger partial charge in [0.2, 0.25) is 0 Å². The van der Waals surface area contributed by atoms with E-state index in [4.69, 9.17) is 9.84 Å². The zero-order valence-corrected chi connectivity index (χ0v) is 7.05. The Hall–Kier alpha value is -0.560. The molecular formula is C8H15NO2. The van der Waals surface area contributed by atoms with E-state index in [-0.39, 0.29) is 0 Å². The Balaban J connectivity index is 3.14. The van der Waals surface area contributed by atoms with Gasteiger partial charge >= 0.3 is 0 Å². The van der Waals surface area contributed by atoms with Gasteiger partial charge in [-0.15, -0.1) is 5.92 Å². The normalized spacial score (nSPS) is 11.9. The van der Waals surface area contributed by atoms with E-state index < -0.39 is 6.10 Å². The third kappa shape index (κ3) is 7.34. The predicted molar refractivity (Wildman–Crippen MR) is 44.2 cm³/mol. The summed E-state index contributed by atoms with van der Waals surface area (Å²) in [6.07, 6.45) is -0.432. The number of rotatable bonds is 5. The highest BCUT2D eigenvalue weighted by molar-refractivity contribution is 4.96. The van der Waals surface area contributed by atoms with Gasteiger partial charge in [0.1, 0.15) is 0 Å². The number of nitrogens with one attached hydrogen (secondary N) is 1. The molecule has 0 aromatic carbocycles. The van der Waals surface area contributed by atoms with Crippen LogP contribution in [0.5, 0.6) is 0 Å². The summed E-state index contributed by atoms with van der Waals surface area (Å²) in [7, 11) is 1.56. The summed E-state index contributed by atoms with van der Waals surface area (Å²) in [5.74, 6) is 5.58. The lowest BCUT2D eigenvalue weighted by Crippen LogP contribution is -2.30. The Morgan fingerprint density at radius 1 is 1.64 bits per heavy atom. The second kappa shape index (κ2) is 7.55. The minimum atomic E-state index is -0.432. The Morgan fingerprint density at radius 3 is 2.91 bits per heavy atom. The largest absolute Gasteiger partial charge is 0.389 e. The number of hydrogen-bond acceptors (Lipinski definition) is 3. The van der Waals surface area contributed by atoms with Crippen molar-refractivity contribution in [2.24, 2.45) is 0 Å². The summed E-state index contributed by atoms with van der Waals surface area (Å²) >= 11 is 0. The third-order valence-corrected chi connectivity index (χ3v) is 1.13. The van der Waals surface area contributed by atoms with Crippen LogP contribution in [0, 0.1) is 11.8 Å². The summed E-state index contributed by atoms with van der Waals surface area (Å²) < 4.78 is 4.73. The fraction of sp³-hybridized carbons (Fsp3) is 0.750. The fourth-order valence-corrected chi connectivity index (χ4v) is 0.641. The molecule has 0 aliphatic heterocycles. The van der Waals surface area contributed by atoms with Crippen LogP contribution in [0.3, 0.4) is 0 Å². The molecule has 0 aliphatic rings. The van der Waals surface area contributed by atoms with Gasteiger partial charge in [0.05, 0.1) is 19.3 Å². The molecule has 0 amide bonds. The van der Waals surface area contributed by atoms with Crippen molar-refractivity contribution >= 4 is 0 Å². The van der Waals surface area contributed by atoms with Gasteiger partial charge in [-0.1, -0.05) is 5.92 Å². The molecule has 0 rings (SSSR count). The fourth-order valence-electron chi connectivity index (χ4n) is 0.641. The van der Waals surface area contributed by atoms with Crippen molar-refractivity contribution in [2.45, 2.75) is 13.0 Å². The topological polar surface area (TPSA) is 41.5 Å². The van der Waals surface area contributed by atoms with Gasteiger partial charge in [-0.05, 0) is 6.92 Å². The summed E-state index contributed by atoms with van der Waals surface area (Å²) in [6.45, 7) is 3.31. The van der Waals surface area contributed by atoms with Gasteiger partial charge in [0, 0.05) is 13.7 Å². The van der Waals surface area contributed by atoms with Gasteiger partial charge in [0.15, 0.2) is 0 Å². The molecule has 0 aliphatic carbocycles. The lowest BCUT2D eigenvalue weighted by molar-refractivity contribution is 0.0653. The van der Waals surface area contributed by atoms with Crippen molar-refractivity contribution in [1.29, 1.82) is 0 Å². The first-order valence-corrected chi connectivity index (χ1v) is 3.58. The van der Waals surface area contributed by atoms with E-state index in [0.717, 1.165) is 0 Å². The molecule has 0 bridgehead atoms. The van der Waals surface area contributed by atoms with Crippen molar-refractivity contribution in [1.82, 2.24) is 5.32 Å². The number of ether oxygens (including phenoxy) is 1. The SMILES string of the molecule is CC#CCNCC(O)COC. The number of hydrogen-bond donors (Lipinski definition) is 2. The maximum absolute atomic E-state index is 9.11. The molecule has 0 saturated heterocycles. The zero-order chi connectivity index (χ0) is 8.53. The quantitative estimate of drug-likeness (QED) is 0.422. The van der Waals surface area contributed by atoms with Crippen LogP contribution in [0.15, 0.2) is 0 Å². The lowest BCUT2D eigenvalue weighted by atomic mass is 10.4. The average molecular weight is 157 g/mol. The molecule has 0 aromatic rings. The molecule has 3 nitrogen and oxygen atoms in total. The standard InChI is InChI=1S/C8H15NO2/c1-3-4-5-9-6-8(10)7-11-2/h8-10H,5-7H2,1-2H3. The minimum absolute atomic E-state index is 0.368. The smallest absolute Gasteiger partial charge is 0.0897 e. The molecule has 0 aromatic heterocycles. The van der Waals surface area contributed by atoms with E-state index in [9.17, 15) is 0 Å². The molecule has 0 spiro atoms. The maximum Gasteiger partial charge on any atom is 0.0897 e. The van der Waals surface area contributed by atoms with Crippen molar-refractivity contribution in [3.63, 3.8) is 0 Å². The van der Waals surface area contributed by atoms with Crippen LogP contribution in [-0.4, -0.2) is 38.0 Å². The first-order valence-electron chi connectivity index (χ1n) is 3.58.